The summed E-state index contributed by atoms with van der Waals surface area (Å²) in [4.78, 5) is 10.1. The molecule has 2 aromatic carbocycles. The first-order valence-corrected chi connectivity index (χ1v) is 8.95. The molecule has 128 valence electrons. The maximum absolute atomic E-state index is 12.6. The lowest BCUT2D eigenvalue weighted by Gasteiger charge is -2.16. The van der Waals surface area contributed by atoms with E-state index < -0.39 is 15.0 Å². The van der Waals surface area contributed by atoms with E-state index in [-0.39, 0.29) is 27.8 Å². The molecule has 7 heteroatoms. The Bertz CT molecular complexity index is 861. The summed E-state index contributed by atoms with van der Waals surface area (Å²) < 4.78 is 30.5. The molecular weight excluding hydrogens is 330 g/mol. The number of rotatable bonds is 6. The Morgan fingerprint density at radius 3 is 2.46 bits per heavy atom. The molecule has 1 atom stereocenters. The first kappa shape index (κ1) is 17.9. The second-order valence-corrected chi connectivity index (χ2v) is 7.11. The van der Waals surface area contributed by atoms with E-state index in [4.69, 9.17) is 4.18 Å². The molecular formula is C17H19NO5S. The Balaban J connectivity index is 2.42. The fourth-order valence-corrected chi connectivity index (χ4v) is 3.54. The van der Waals surface area contributed by atoms with E-state index in [9.17, 15) is 18.5 Å². The third kappa shape index (κ3) is 3.73. The molecule has 0 fully saturated rings. The number of hydrogen-bond acceptors (Lipinski definition) is 5. The van der Waals surface area contributed by atoms with Crippen LogP contribution in [0.15, 0.2) is 47.4 Å². The monoisotopic (exact) mass is 349 g/mol. The topological polar surface area (TPSA) is 86.5 Å². The first-order chi connectivity index (χ1) is 11.3. The van der Waals surface area contributed by atoms with Gasteiger partial charge < -0.3 is 4.18 Å². The van der Waals surface area contributed by atoms with Gasteiger partial charge in [-0.1, -0.05) is 32.0 Å². The minimum absolute atomic E-state index is 0.0768. The van der Waals surface area contributed by atoms with Crippen LogP contribution in [0.25, 0.3) is 0 Å². The Kier molecular flexibility index (Phi) is 5.23. The molecule has 2 rings (SSSR count). The first-order valence-electron chi connectivity index (χ1n) is 7.54. The fraction of sp³-hybridized carbons (Fsp3) is 0.294. The van der Waals surface area contributed by atoms with Crippen molar-refractivity contribution < 1.29 is 17.5 Å². The average Bonchev–Trinajstić information content (AvgIpc) is 2.53. The predicted molar refractivity (Wildman–Crippen MR) is 90.8 cm³/mol. The normalized spacial score (nSPS) is 12.6. The molecule has 0 amide bonds. The Hall–Kier alpha value is -2.41. The number of para-hydroxylation sites is 1. The molecule has 1 unspecified atom stereocenters. The van der Waals surface area contributed by atoms with Crippen molar-refractivity contribution in [3.05, 3.63) is 63.7 Å². The number of nitrogens with zero attached hydrogens (tertiary/aromatic N) is 1. The van der Waals surface area contributed by atoms with E-state index in [1.165, 1.54) is 19.1 Å². The van der Waals surface area contributed by atoms with Gasteiger partial charge in [0.15, 0.2) is 0 Å². The van der Waals surface area contributed by atoms with E-state index in [2.05, 4.69) is 0 Å². The van der Waals surface area contributed by atoms with Gasteiger partial charge in [0.1, 0.15) is 10.6 Å². The zero-order valence-electron chi connectivity index (χ0n) is 13.7. The van der Waals surface area contributed by atoms with Gasteiger partial charge in [0.25, 0.3) is 5.69 Å². The lowest BCUT2D eigenvalue weighted by Crippen LogP contribution is -2.13. The second-order valence-electron chi connectivity index (χ2n) is 5.59. The highest BCUT2D eigenvalue weighted by atomic mass is 32.2. The summed E-state index contributed by atoms with van der Waals surface area (Å²) in [5.74, 6) is 0.430. The van der Waals surface area contributed by atoms with Crippen molar-refractivity contribution >= 4 is 15.8 Å². The zero-order valence-corrected chi connectivity index (χ0v) is 14.5. The third-order valence-electron chi connectivity index (χ3n) is 3.90. The fourth-order valence-electron chi connectivity index (χ4n) is 2.37. The van der Waals surface area contributed by atoms with Crippen LogP contribution >= 0.6 is 0 Å². The van der Waals surface area contributed by atoms with Gasteiger partial charge in [-0.05, 0) is 42.5 Å². The number of aryl methyl sites for hydroxylation is 1. The molecule has 0 aromatic heterocycles. The van der Waals surface area contributed by atoms with Crippen molar-refractivity contribution in [1.29, 1.82) is 0 Å². The number of nitro benzene ring substituents is 1. The van der Waals surface area contributed by atoms with Crippen LogP contribution in [-0.2, 0) is 10.1 Å². The maximum atomic E-state index is 12.6. The molecule has 0 heterocycles. The summed E-state index contributed by atoms with van der Waals surface area (Å²) in [5.41, 5.74) is 0.916. The number of hydrogen-bond donors (Lipinski definition) is 0. The molecule has 6 nitrogen and oxygen atoms in total. The van der Waals surface area contributed by atoms with Crippen LogP contribution in [0, 0.1) is 17.0 Å². The molecule has 0 saturated heterocycles. The van der Waals surface area contributed by atoms with E-state index >= 15 is 0 Å². The van der Waals surface area contributed by atoms with Gasteiger partial charge in [-0.3, -0.25) is 10.1 Å². The SMILES string of the molecule is CCC(C)c1ccccc1OS(=O)(=O)c1ccc([N+](=O)[O-])cc1C. The third-order valence-corrected chi connectivity index (χ3v) is 5.30. The van der Waals surface area contributed by atoms with Crippen LogP contribution in [0.5, 0.6) is 5.75 Å². The highest BCUT2D eigenvalue weighted by Crippen LogP contribution is 2.31. The van der Waals surface area contributed by atoms with Crippen molar-refractivity contribution in [1.82, 2.24) is 0 Å². The maximum Gasteiger partial charge on any atom is 0.339 e. The van der Waals surface area contributed by atoms with Crippen LogP contribution in [0.3, 0.4) is 0 Å². The van der Waals surface area contributed by atoms with E-state index in [1.54, 1.807) is 12.1 Å². The summed E-state index contributed by atoms with van der Waals surface area (Å²) in [5, 5.41) is 10.8. The zero-order chi connectivity index (χ0) is 17.9. The van der Waals surface area contributed by atoms with Crippen LogP contribution < -0.4 is 4.18 Å². The molecule has 2 aromatic rings. The van der Waals surface area contributed by atoms with Gasteiger partial charge >= 0.3 is 10.1 Å². The van der Waals surface area contributed by atoms with E-state index in [0.29, 0.717) is 0 Å². The van der Waals surface area contributed by atoms with Crippen LogP contribution in [0.1, 0.15) is 37.3 Å². The van der Waals surface area contributed by atoms with Gasteiger partial charge in [-0.25, -0.2) is 0 Å². The average molecular weight is 349 g/mol. The van der Waals surface area contributed by atoms with Gasteiger partial charge in [-0.15, -0.1) is 0 Å². The van der Waals surface area contributed by atoms with Crippen LogP contribution in [0.2, 0.25) is 0 Å². The smallest absolute Gasteiger partial charge is 0.339 e. The molecule has 0 aliphatic rings. The van der Waals surface area contributed by atoms with Gasteiger partial charge in [-0.2, -0.15) is 8.42 Å². The number of nitro groups is 1. The van der Waals surface area contributed by atoms with Crippen LogP contribution in [0.4, 0.5) is 5.69 Å². The predicted octanol–water partition coefficient (Wildman–Crippen LogP) is 4.18. The van der Waals surface area contributed by atoms with Crippen molar-refractivity contribution in [2.24, 2.45) is 0 Å². The molecule has 0 N–H and O–H groups in total. The highest BCUT2D eigenvalue weighted by Gasteiger charge is 2.23. The highest BCUT2D eigenvalue weighted by molar-refractivity contribution is 7.87. The lowest BCUT2D eigenvalue weighted by molar-refractivity contribution is -0.385. The molecule has 0 bridgehead atoms. The van der Waals surface area contributed by atoms with Gasteiger partial charge in [0, 0.05) is 12.1 Å². The minimum atomic E-state index is -4.07. The number of benzene rings is 2. The van der Waals surface area contributed by atoms with Crippen molar-refractivity contribution in [3.63, 3.8) is 0 Å². The van der Waals surface area contributed by atoms with Crippen molar-refractivity contribution in [2.75, 3.05) is 0 Å². The summed E-state index contributed by atoms with van der Waals surface area (Å²) in [6.07, 6.45) is 0.844. The molecule has 0 spiro atoms. The molecule has 0 radical (unpaired) electrons. The van der Waals surface area contributed by atoms with Gasteiger partial charge in [0.2, 0.25) is 0 Å². The Morgan fingerprint density at radius 2 is 1.88 bits per heavy atom. The Labute approximate surface area is 141 Å². The molecule has 24 heavy (non-hydrogen) atoms. The summed E-state index contributed by atoms with van der Waals surface area (Å²) >= 11 is 0. The van der Waals surface area contributed by atoms with E-state index in [1.807, 2.05) is 26.0 Å². The standard InChI is InChI=1S/C17H19NO5S/c1-4-12(2)15-7-5-6-8-16(15)23-24(21,22)17-10-9-14(18(19)20)11-13(17)3/h5-12H,4H2,1-3H3. The summed E-state index contributed by atoms with van der Waals surface area (Å²) in [7, 11) is -4.07. The largest absolute Gasteiger partial charge is 0.379 e. The molecule has 0 aliphatic heterocycles. The second kappa shape index (κ2) is 7.00. The van der Waals surface area contributed by atoms with E-state index in [0.717, 1.165) is 18.1 Å². The molecule has 0 aliphatic carbocycles. The van der Waals surface area contributed by atoms with Crippen LogP contribution in [-0.4, -0.2) is 13.3 Å². The molecule has 0 saturated carbocycles. The summed E-state index contributed by atoms with van der Waals surface area (Å²) in [6, 6.07) is 10.6. The van der Waals surface area contributed by atoms with Crippen molar-refractivity contribution in [3.8, 4) is 5.75 Å². The minimum Gasteiger partial charge on any atom is -0.379 e. The lowest BCUT2D eigenvalue weighted by atomic mass is 9.98. The quantitative estimate of drug-likeness (QED) is 0.443. The van der Waals surface area contributed by atoms with Gasteiger partial charge in [0.05, 0.1) is 4.92 Å². The summed E-state index contributed by atoms with van der Waals surface area (Å²) in [6.45, 7) is 5.51. The number of non-ortho nitro benzene ring substituents is 1. The van der Waals surface area contributed by atoms with Crippen molar-refractivity contribution in [2.45, 2.75) is 38.0 Å². The Morgan fingerprint density at radius 1 is 1.21 bits per heavy atom.